The van der Waals surface area contributed by atoms with Crippen molar-refractivity contribution in [3.63, 3.8) is 0 Å². The summed E-state index contributed by atoms with van der Waals surface area (Å²) in [4.78, 5) is 80.2. The summed E-state index contributed by atoms with van der Waals surface area (Å²) in [6, 6.07) is 38.1. The van der Waals surface area contributed by atoms with E-state index in [0.29, 0.717) is 101 Å². The number of aryl methyl sites for hydroxylation is 12. The van der Waals surface area contributed by atoms with Crippen LogP contribution in [0.4, 0.5) is 22.7 Å². The second kappa shape index (κ2) is 40.4. The number of hydrogen-bond acceptors (Lipinski definition) is 19. The minimum atomic E-state index is -3.37. The van der Waals surface area contributed by atoms with Crippen LogP contribution in [0, 0.1) is 83.1 Å². The zero-order chi connectivity index (χ0) is 88.3. The van der Waals surface area contributed by atoms with Crippen molar-refractivity contribution in [1.29, 1.82) is 0 Å². The summed E-state index contributed by atoms with van der Waals surface area (Å²) in [5.41, 5.74) is 21.7. The van der Waals surface area contributed by atoms with E-state index in [1.54, 1.807) is 52.3 Å². The smallest absolute Gasteiger partial charge is 0.339 e. The van der Waals surface area contributed by atoms with Gasteiger partial charge in [-0.05, 0) is 298 Å². The number of benzene rings is 8. The van der Waals surface area contributed by atoms with Crippen molar-refractivity contribution in [1.82, 2.24) is 19.6 Å². The normalized spacial score (nSPS) is 14.8. The zero-order valence-corrected chi connectivity index (χ0v) is 77.3. The van der Waals surface area contributed by atoms with E-state index in [-0.39, 0.29) is 49.8 Å². The Hall–Kier alpha value is -8.63. The molecule has 4 saturated heterocycles. The molecule has 1 N–H and O–H groups in total. The highest BCUT2D eigenvalue weighted by atomic mass is 36.0. The lowest BCUT2D eigenvalue weighted by molar-refractivity contribution is 0.0738. The molecule has 23 nitrogen and oxygen atoms in total. The van der Waals surface area contributed by atoms with Crippen LogP contribution < -0.4 is 19.6 Å². The van der Waals surface area contributed by atoms with Gasteiger partial charge in [-0.2, -0.15) is 0 Å². The average molecular weight is 1790 g/mol. The molecule has 31 heteroatoms. The van der Waals surface area contributed by atoms with Crippen LogP contribution in [0.5, 0.6) is 0 Å². The first-order valence-corrected chi connectivity index (χ1v) is 51.0. The van der Waals surface area contributed by atoms with Crippen molar-refractivity contribution in [2.75, 3.05) is 149 Å². The number of piperazine rings is 4. The van der Waals surface area contributed by atoms with Gasteiger partial charge in [-0.15, -0.1) is 0 Å². The molecular weight excluding hydrogens is 1670 g/mol. The lowest BCUT2D eigenvalue weighted by atomic mass is 9.99. The van der Waals surface area contributed by atoms with E-state index in [0.717, 1.165) is 125 Å². The second-order valence-corrected chi connectivity index (χ2v) is 45.8. The van der Waals surface area contributed by atoms with Crippen molar-refractivity contribution < 1.29 is 67.3 Å². The molecule has 119 heavy (non-hydrogen) atoms. The Morgan fingerprint density at radius 3 is 0.748 bits per heavy atom. The minimum absolute atomic E-state index is 0.0339. The van der Waals surface area contributed by atoms with Gasteiger partial charge in [0.05, 0.1) is 26.2 Å². The van der Waals surface area contributed by atoms with Gasteiger partial charge in [0.1, 0.15) is 0 Å². The first-order valence-electron chi connectivity index (χ1n) is 39.0. The number of halogens is 3. The Morgan fingerprint density at radius 2 is 0.546 bits per heavy atom. The van der Waals surface area contributed by atoms with Crippen LogP contribution in [0.25, 0.3) is 0 Å². The molecular formula is C88H110Cl3N8O15PS4. The maximum Gasteiger partial charge on any atom is 0.339 e. The van der Waals surface area contributed by atoms with Gasteiger partial charge in [0.2, 0.25) is 0 Å². The maximum absolute atomic E-state index is 13.0. The number of carbonyl (C=O) groups excluding carboxylic acids is 5. The van der Waals surface area contributed by atoms with E-state index < -0.39 is 44.5 Å². The predicted molar refractivity (Wildman–Crippen MR) is 479 cm³/mol. The van der Waals surface area contributed by atoms with Crippen LogP contribution in [0.1, 0.15) is 137 Å². The Balaban J connectivity index is 0.000000194. The van der Waals surface area contributed by atoms with Crippen LogP contribution in [0.3, 0.4) is 0 Å². The molecule has 4 heterocycles. The summed E-state index contributed by atoms with van der Waals surface area (Å²) in [7, 11) is -13.4. The van der Waals surface area contributed by atoms with Crippen molar-refractivity contribution in [2.24, 2.45) is 0 Å². The van der Waals surface area contributed by atoms with Gasteiger partial charge in [-0.25, -0.2) is 33.7 Å². The molecule has 0 radical (unpaired) electrons. The second-order valence-electron chi connectivity index (χ2n) is 31.1. The van der Waals surface area contributed by atoms with Crippen LogP contribution in [-0.4, -0.2) is 218 Å². The number of carbonyl (C=O) groups is 5. The molecule has 642 valence electrons. The molecule has 4 amide bonds. The van der Waals surface area contributed by atoms with E-state index in [2.05, 4.69) is 130 Å². The van der Waals surface area contributed by atoms with E-state index in [4.69, 9.17) is 0 Å². The van der Waals surface area contributed by atoms with Gasteiger partial charge in [-0.1, -0.05) is 37.3 Å². The van der Waals surface area contributed by atoms with E-state index in [1.807, 2.05) is 77.3 Å². The van der Waals surface area contributed by atoms with E-state index >= 15 is 0 Å². The Kier molecular flexibility index (Phi) is 32.5. The molecule has 0 bridgehead atoms. The Bertz CT molecular complexity index is 5410. The average Bonchev–Trinajstić information content (AvgIpc) is 0.809. The van der Waals surface area contributed by atoms with Crippen molar-refractivity contribution in [2.45, 2.75) is 123 Å². The van der Waals surface area contributed by atoms with Gasteiger partial charge in [0.25, 0.3) is 23.6 Å². The summed E-state index contributed by atoms with van der Waals surface area (Å²) in [5.74, 6) is -0.466. The van der Waals surface area contributed by atoms with Gasteiger partial charge in [-0.3, -0.25) is 28.5 Å². The first kappa shape index (κ1) is 95.8. The number of aliphatic hydroxyl groups excluding tert-OH is 1. The monoisotopic (exact) mass is 1780 g/mol. The number of hydrogen-bond donors (Lipinski definition) is 1. The maximum atomic E-state index is 13.0. The molecule has 8 aromatic carbocycles. The van der Waals surface area contributed by atoms with Crippen molar-refractivity contribution >= 4 is 131 Å². The first-order chi connectivity index (χ1) is 55.5. The predicted octanol–water partition coefficient (Wildman–Crippen LogP) is 14.6. The van der Waals surface area contributed by atoms with Gasteiger partial charge < -0.3 is 44.3 Å². The third-order valence-corrected chi connectivity index (χ3v) is 26.4. The number of anilines is 4. The minimum Gasteiger partial charge on any atom is -0.392 e. The topological polar surface area (TPSA) is 285 Å². The van der Waals surface area contributed by atoms with Crippen molar-refractivity contribution in [3.8, 4) is 0 Å². The number of nitrogens with zero attached hydrogens (tertiary/aromatic N) is 8. The van der Waals surface area contributed by atoms with Crippen LogP contribution in [-0.2, 0) is 56.9 Å². The van der Waals surface area contributed by atoms with Crippen LogP contribution in [0.2, 0.25) is 0 Å². The molecule has 0 saturated carbocycles. The molecule has 0 atom stereocenters. The molecule has 4 fully saturated rings. The molecule has 0 aromatic heterocycles. The van der Waals surface area contributed by atoms with Crippen molar-refractivity contribution in [3.05, 3.63) is 233 Å². The number of amides is 4. The highest BCUT2D eigenvalue weighted by molar-refractivity contribution is 8.24. The summed E-state index contributed by atoms with van der Waals surface area (Å²) < 4.78 is 104. The highest BCUT2D eigenvalue weighted by Crippen LogP contribution is 2.61. The third kappa shape index (κ3) is 25.7. The molecule has 4 aliphatic rings. The van der Waals surface area contributed by atoms with E-state index in [9.17, 15) is 67.3 Å². The zero-order valence-electron chi connectivity index (χ0n) is 70.9. The summed E-state index contributed by atoms with van der Waals surface area (Å²) in [6.45, 7) is 36.4. The quantitative estimate of drug-likeness (QED) is 0.0737. The number of sulfone groups is 4. The van der Waals surface area contributed by atoms with E-state index in [1.165, 1.54) is 75.8 Å². The fourth-order valence-electron chi connectivity index (χ4n) is 15.2. The van der Waals surface area contributed by atoms with Crippen LogP contribution >= 0.6 is 38.9 Å². The standard InChI is InChI=1S/C23H30N2O3S.C22H28N2O4S.C22H26N2O4S.C21H26N2O3S.Cl3OP/c1-6-21-17(3)13-19(14-18(21)4)24-9-11-25(12-10-24)23(26)22-15-20(29(5,27)28)8-7-16(22)2;2*1-15-5-6-19(29(4,27)28)13-20(15)22(26)24-9-7-23(8-10-24)18-11-16(2)21(14-25)17(3)12-18;1-15-11-16(2)13-18(12-15)22-7-9-23(10-8-22)21(24)20-14-19(27(4,25)26)6-5-17(20)3;1-5(2,3)4/h7-8,13-15H,6,9-12H2,1-5H3;5-6,11-13,25H,7-10,14H2,1-4H3;5-6,11-14H,7-10H2,1-4H3;5-6,11-14H,7-10H2,1-4H3;. The third-order valence-electron chi connectivity index (χ3n) is 22.0. The summed E-state index contributed by atoms with van der Waals surface area (Å²) in [5, 5.41) is 6.28. The van der Waals surface area contributed by atoms with Gasteiger partial charge in [0.15, 0.2) is 45.6 Å². The number of aldehydes is 1. The molecule has 0 unspecified atom stereocenters. The largest absolute Gasteiger partial charge is 0.392 e. The fraction of sp³-hybridized carbons (Fsp3) is 0.398. The number of rotatable bonds is 15. The summed E-state index contributed by atoms with van der Waals surface area (Å²) in [6.07, 6.45) is 6.54. The Labute approximate surface area is 717 Å². The lowest BCUT2D eigenvalue weighted by Crippen LogP contribution is -2.49. The molecule has 12 rings (SSSR count). The fourth-order valence-corrected chi connectivity index (χ4v) is 17.8. The number of aliphatic hydroxyl groups is 1. The van der Waals surface area contributed by atoms with Gasteiger partial charge >= 0.3 is 5.20 Å². The lowest BCUT2D eigenvalue weighted by Gasteiger charge is -2.37. The Morgan fingerprint density at radius 1 is 0.336 bits per heavy atom. The summed E-state index contributed by atoms with van der Waals surface area (Å²) >= 11 is 13.8. The SMILES string of the molecule is CCc1c(C)cc(N2CCN(C(=O)c3cc(S(C)(=O)=O)ccc3C)CC2)cc1C.Cc1cc(C)cc(N2CCN(C(=O)c3cc(S(C)(=O)=O)ccc3C)CC2)c1.Cc1ccc(S(C)(=O)=O)cc1C(=O)N1CCN(c2cc(C)c(C=O)c(C)c2)CC1.Cc1ccc(S(C)(=O)=O)cc1C(=O)N1CCN(c2cc(C)c(CO)c(C)c2)CC1.O=P(Cl)(Cl)Cl. The molecule has 8 aromatic rings. The highest BCUT2D eigenvalue weighted by Gasteiger charge is 2.31. The molecule has 4 aliphatic heterocycles. The molecule has 0 spiro atoms. The van der Waals surface area contributed by atoms with Gasteiger partial charge in [0, 0.05) is 180 Å². The molecule has 0 aliphatic carbocycles. The van der Waals surface area contributed by atoms with Crippen LogP contribution in [0.15, 0.2) is 147 Å².